The van der Waals surface area contributed by atoms with Crippen LogP contribution in [0.5, 0.6) is 5.75 Å². The van der Waals surface area contributed by atoms with Crippen molar-refractivity contribution in [2.24, 2.45) is 0 Å². The molecule has 1 aliphatic heterocycles. The van der Waals surface area contributed by atoms with E-state index in [4.69, 9.17) is 14.9 Å². The van der Waals surface area contributed by atoms with Crippen molar-refractivity contribution in [2.75, 3.05) is 13.2 Å². The number of aliphatic carboxylic acids is 1. The first-order valence-corrected chi connectivity index (χ1v) is 6.18. The van der Waals surface area contributed by atoms with Gasteiger partial charge in [-0.3, -0.25) is 4.79 Å². The number of rotatable bonds is 5. The molecule has 0 aliphatic carbocycles. The average molecular weight is 277 g/mol. The molecule has 0 saturated carbocycles. The number of aliphatic hydroxyl groups excluding tert-OH is 1. The van der Waals surface area contributed by atoms with Gasteiger partial charge in [-0.15, -0.1) is 0 Å². The second-order valence-corrected chi connectivity index (χ2v) is 4.38. The standard InChI is InChI=1S/C14H15NO5/c16-8-11(14(18)19)15-13(17)4-2-9-1-3-12-10(7-9)5-6-20-12/h1-4,7,11,16H,5-6,8H2,(H,15,17)(H,18,19)/b4-2+/t11-/m0/s1. The van der Waals surface area contributed by atoms with E-state index in [2.05, 4.69) is 5.32 Å². The van der Waals surface area contributed by atoms with Crippen LogP contribution in [-0.4, -0.2) is 41.3 Å². The first-order valence-electron chi connectivity index (χ1n) is 6.18. The van der Waals surface area contributed by atoms with Gasteiger partial charge >= 0.3 is 5.97 Å². The Morgan fingerprint density at radius 2 is 2.25 bits per heavy atom. The number of nitrogens with one attached hydrogen (secondary N) is 1. The Morgan fingerprint density at radius 1 is 1.45 bits per heavy atom. The van der Waals surface area contributed by atoms with Crippen molar-refractivity contribution in [1.82, 2.24) is 5.32 Å². The lowest BCUT2D eigenvalue weighted by Crippen LogP contribution is -2.42. The number of carboxylic acids is 1. The number of hydrogen-bond acceptors (Lipinski definition) is 4. The number of ether oxygens (including phenoxy) is 1. The molecule has 1 atom stereocenters. The first kappa shape index (κ1) is 14.1. The highest BCUT2D eigenvalue weighted by molar-refractivity contribution is 5.94. The van der Waals surface area contributed by atoms with Gasteiger partial charge in [-0.05, 0) is 29.3 Å². The number of fused-ring (bicyclic) bond motifs is 1. The van der Waals surface area contributed by atoms with E-state index in [0.29, 0.717) is 6.61 Å². The van der Waals surface area contributed by atoms with Crippen LogP contribution in [0.4, 0.5) is 0 Å². The molecule has 20 heavy (non-hydrogen) atoms. The zero-order valence-electron chi connectivity index (χ0n) is 10.7. The molecule has 1 heterocycles. The number of carbonyl (C=O) groups excluding carboxylic acids is 1. The lowest BCUT2D eigenvalue weighted by molar-refractivity contribution is -0.142. The Kier molecular flexibility index (Phi) is 4.37. The van der Waals surface area contributed by atoms with E-state index in [0.717, 1.165) is 23.3 Å². The molecule has 2 rings (SSSR count). The summed E-state index contributed by atoms with van der Waals surface area (Å²) < 4.78 is 5.38. The third-order valence-electron chi connectivity index (χ3n) is 2.94. The number of amides is 1. The summed E-state index contributed by atoms with van der Waals surface area (Å²) in [7, 11) is 0. The fraction of sp³-hybridized carbons (Fsp3) is 0.286. The van der Waals surface area contributed by atoms with Crippen LogP contribution in [0.25, 0.3) is 6.08 Å². The SMILES string of the molecule is O=C(/C=C/c1ccc2c(c1)CCO2)N[C@@H](CO)C(=O)O. The van der Waals surface area contributed by atoms with Crippen LogP contribution in [-0.2, 0) is 16.0 Å². The van der Waals surface area contributed by atoms with Crippen LogP contribution in [0, 0.1) is 0 Å². The number of hydrogen-bond donors (Lipinski definition) is 3. The molecule has 6 nitrogen and oxygen atoms in total. The van der Waals surface area contributed by atoms with Gasteiger partial charge < -0.3 is 20.3 Å². The summed E-state index contributed by atoms with van der Waals surface area (Å²) in [5, 5.41) is 19.7. The highest BCUT2D eigenvalue weighted by atomic mass is 16.5. The molecule has 3 N–H and O–H groups in total. The predicted molar refractivity (Wildman–Crippen MR) is 71.3 cm³/mol. The Balaban J connectivity index is 1.98. The fourth-order valence-corrected chi connectivity index (χ4v) is 1.89. The Morgan fingerprint density at radius 3 is 2.95 bits per heavy atom. The predicted octanol–water partition coefficient (Wildman–Crippen LogP) is 0.196. The maximum absolute atomic E-state index is 11.5. The second-order valence-electron chi connectivity index (χ2n) is 4.38. The summed E-state index contributed by atoms with van der Waals surface area (Å²) in [6, 6.07) is 4.29. The molecular formula is C14H15NO5. The van der Waals surface area contributed by atoms with Crippen molar-refractivity contribution in [3.8, 4) is 5.75 Å². The number of benzene rings is 1. The maximum atomic E-state index is 11.5. The van der Waals surface area contributed by atoms with Gasteiger partial charge in [0.2, 0.25) is 5.91 Å². The molecule has 6 heteroatoms. The van der Waals surface area contributed by atoms with E-state index in [-0.39, 0.29) is 0 Å². The van der Waals surface area contributed by atoms with Gasteiger partial charge in [0.1, 0.15) is 5.75 Å². The number of carbonyl (C=O) groups is 2. The van der Waals surface area contributed by atoms with E-state index in [1.54, 1.807) is 6.08 Å². The number of carboxylic acid groups (broad SMARTS) is 1. The average Bonchev–Trinajstić information content (AvgIpc) is 2.89. The molecular weight excluding hydrogens is 262 g/mol. The monoisotopic (exact) mass is 277 g/mol. The van der Waals surface area contributed by atoms with Gasteiger partial charge in [0.25, 0.3) is 0 Å². The normalized spacial score (nSPS) is 14.7. The highest BCUT2D eigenvalue weighted by Gasteiger charge is 2.17. The van der Waals surface area contributed by atoms with Crippen molar-refractivity contribution in [3.63, 3.8) is 0 Å². The minimum atomic E-state index is -1.29. The summed E-state index contributed by atoms with van der Waals surface area (Å²) in [5.41, 5.74) is 1.92. The summed E-state index contributed by atoms with van der Waals surface area (Å²) >= 11 is 0. The van der Waals surface area contributed by atoms with Crippen LogP contribution in [0.2, 0.25) is 0 Å². The number of aliphatic hydroxyl groups is 1. The molecule has 1 aromatic carbocycles. The summed E-state index contributed by atoms with van der Waals surface area (Å²) in [6.07, 6.45) is 3.67. The highest BCUT2D eigenvalue weighted by Crippen LogP contribution is 2.26. The summed E-state index contributed by atoms with van der Waals surface area (Å²) in [6.45, 7) is 0.0187. The smallest absolute Gasteiger partial charge is 0.328 e. The third kappa shape index (κ3) is 3.36. The third-order valence-corrected chi connectivity index (χ3v) is 2.94. The van der Waals surface area contributed by atoms with E-state index in [1.165, 1.54) is 6.08 Å². The lowest BCUT2D eigenvalue weighted by atomic mass is 10.1. The molecule has 1 aliphatic rings. The van der Waals surface area contributed by atoms with Crippen molar-refractivity contribution in [2.45, 2.75) is 12.5 Å². The van der Waals surface area contributed by atoms with Gasteiger partial charge in [-0.2, -0.15) is 0 Å². The fourth-order valence-electron chi connectivity index (χ4n) is 1.89. The van der Waals surface area contributed by atoms with Crippen molar-refractivity contribution < 1.29 is 24.5 Å². The topological polar surface area (TPSA) is 95.9 Å². The molecule has 0 radical (unpaired) electrons. The van der Waals surface area contributed by atoms with E-state index < -0.39 is 24.5 Å². The first-order chi connectivity index (χ1) is 9.60. The summed E-state index contributed by atoms with van der Waals surface area (Å²) in [5.74, 6) is -0.982. The minimum Gasteiger partial charge on any atom is -0.493 e. The Bertz CT molecular complexity index is 552. The molecule has 0 unspecified atom stereocenters. The van der Waals surface area contributed by atoms with Crippen molar-refractivity contribution in [1.29, 1.82) is 0 Å². The zero-order valence-corrected chi connectivity index (χ0v) is 10.7. The van der Waals surface area contributed by atoms with Gasteiger partial charge in [0.05, 0.1) is 13.2 Å². The van der Waals surface area contributed by atoms with Gasteiger partial charge in [0, 0.05) is 12.5 Å². The van der Waals surface area contributed by atoms with Crippen molar-refractivity contribution in [3.05, 3.63) is 35.4 Å². The lowest BCUT2D eigenvalue weighted by Gasteiger charge is -2.09. The second kappa shape index (κ2) is 6.21. The van der Waals surface area contributed by atoms with Crippen LogP contribution >= 0.6 is 0 Å². The molecule has 0 bridgehead atoms. The van der Waals surface area contributed by atoms with Crippen LogP contribution in [0.3, 0.4) is 0 Å². The van der Waals surface area contributed by atoms with E-state index >= 15 is 0 Å². The molecule has 0 fully saturated rings. The molecule has 0 aromatic heterocycles. The molecule has 0 spiro atoms. The molecule has 1 aromatic rings. The molecule has 1 amide bonds. The van der Waals surface area contributed by atoms with E-state index in [1.807, 2.05) is 18.2 Å². The van der Waals surface area contributed by atoms with Gasteiger partial charge in [-0.1, -0.05) is 6.07 Å². The van der Waals surface area contributed by atoms with E-state index in [9.17, 15) is 9.59 Å². The van der Waals surface area contributed by atoms with Crippen LogP contribution in [0.15, 0.2) is 24.3 Å². The van der Waals surface area contributed by atoms with Crippen LogP contribution in [0.1, 0.15) is 11.1 Å². The minimum absolute atomic E-state index is 0.566. The molecule has 0 saturated heterocycles. The van der Waals surface area contributed by atoms with Gasteiger partial charge in [0.15, 0.2) is 6.04 Å². The Hall–Kier alpha value is -2.34. The zero-order chi connectivity index (χ0) is 14.5. The van der Waals surface area contributed by atoms with Gasteiger partial charge in [-0.25, -0.2) is 4.79 Å². The summed E-state index contributed by atoms with van der Waals surface area (Å²) in [4.78, 5) is 22.2. The molecule has 106 valence electrons. The Labute approximate surface area is 115 Å². The van der Waals surface area contributed by atoms with Crippen LogP contribution < -0.4 is 10.1 Å². The maximum Gasteiger partial charge on any atom is 0.328 e. The van der Waals surface area contributed by atoms with Crippen molar-refractivity contribution >= 4 is 18.0 Å². The quantitative estimate of drug-likeness (QED) is 0.668. The largest absolute Gasteiger partial charge is 0.493 e.